The number of rotatable bonds is 3. The molecule has 3 rings (SSSR count). The molecule has 2 aromatic carbocycles. The molecule has 0 aliphatic carbocycles. The van der Waals surface area contributed by atoms with Crippen molar-refractivity contribution in [1.82, 2.24) is 5.32 Å². The molecule has 1 aromatic heterocycles. The Labute approximate surface area is 125 Å². The van der Waals surface area contributed by atoms with Crippen molar-refractivity contribution in [2.45, 2.75) is 13.0 Å². The summed E-state index contributed by atoms with van der Waals surface area (Å²) in [6.45, 7) is 1.54. The molecule has 112 valence electrons. The Morgan fingerprint density at radius 3 is 2.64 bits per heavy atom. The van der Waals surface area contributed by atoms with E-state index in [2.05, 4.69) is 0 Å². The molecule has 1 unspecified atom stereocenters. The molecule has 6 heteroatoms. The van der Waals surface area contributed by atoms with Crippen LogP contribution in [0.25, 0.3) is 21.9 Å². The molecule has 0 fully saturated rings. The lowest BCUT2D eigenvalue weighted by Crippen LogP contribution is -2.42. The van der Waals surface area contributed by atoms with Gasteiger partial charge in [-0.05, 0) is 31.2 Å². The number of para-hydroxylation sites is 1. The first-order valence-corrected chi connectivity index (χ1v) is 6.73. The number of amides is 3. The van der Waals surface area contributed by atoms with Gasteiger partial charge in [0, 0.05) is 10.8 Å². The van der Waals surface area contributed by atoms with E-state index in [0.717, 1.165) is 21.9 Å². The first kappa shape index (κ1) is 13.9. The quantitative estimate of drug-likeness (QED) is 0.777. The minimum Gasteiger partial charge on any atom is -0.481 e. The van der Waals surface area contributed by atoms with Crippen LogP contribution >= 0.6 is 0 Å². The highest BCUT2D eigenvalue weighted by atomic mass is 16.5. The summed E-state index contributed by atoms with van der Waals surface area (Å²) in [5, 5.41) is 3.85. The number of ether oxygens (including phenoxy) is 1. The lowest BCUT2D eigenvalue weighted by Gasteiger charge is -2.13. The fourth-order valence-corrected chi connectivity index (χ4v) is 2.26. The van der Waals surface area contributed by atoms with Gasteiger partial charge in [0.25, 0.3) is 5.91 Å². The smallest absolute Gasteiger partial charge is 0.318 e. The standard InChI is InChI=1S/C16H14N2O4/c1-9(15(19)18-16(17)20)21-10-6-7-14-12(8-10)11-4-2-3-5-13(11)22-14/h2-9H,1H3,(H3,17,18,19,20). The van der Waals surface area contributed by atoms with Crippen molar-refractivity contribution >= 4 is 33.9 Å². The maximum Gasteiger partial charge on any atom is 0.318 e. The van der Waals surface area contributed by atoms with Gasteiger partial charge in [-0.3, -0.25) is 10.1 Å². The number of primary amides is 1. The summed E-state index contributed by atoms with van der Waals surface area (Å²) in [6, 6.07) is 12.0. The Hall–Kier alpha value is -3.02. The van der Waals surface area contributed by atoms with E-state index in [1.54, 1.807) is 18.2 Å². The van der Waals surface area contributed by atoms with Crippen molar-refractivity contribution in [2.24, 2.45) is 5.73 Å². The topological polar surface area (TPSA) is 94.6 Å². The molecule has 0 saturated carbocycles. The van der Waals surface area contributed by atoms with Crippen molar-refractivity contribution < 1.29 is 18.7 Å². The second-order valence-corrected chi connectivity index (χ2v) is 4.87. The van der Waals surface area contributed by atoms with Crippen LogP contribution in [-0.2, 0) is 4.79 Å². The van der Waals surface area contributed by atoms with Crippen molar-refractivity contribution in [3.05, 3.63) is 42.5 Å². The van der Waals surface area contributed by atoms with E-state index in [1.807, 2.05) is 29.6 Å². The van der Waals surface area contributed by atoms with Crippen LogP contribution in [0.1, 0.15) is 6.92 Å². The van der Waals surface area contributed by atoms with Crippen molar-refractivity contribution in [3.63, 3.8) is 0 Å². The molecule has 3 aromatic rings. The summed E-state index contributed by atoms with van der Waals surface area (Å²) in [7, 11) is 0. The predicted octanol–water partition coefficient (Wildman–Crippen LogP) is 2.55. The molecule has 1 heterocycles. The van der Waals surface area contributed by atoms with Crippen LogP contribution in [0.4, 0.5) is 4.79 Å². The number of furan rings is 1. The van der Waals surface area contributed by atoms with E-state index in [0.29, 0.717) is 5.75 Å². The number of fused-ring (bicyclic) bond motifs is 3. The molecule has 1 atom stereocenters. The summed E-state index contributed by atoms with van der Waals surface area (Å²) in [4.78, 5) is 22.3. The van der Waals surface area contributed by atoms with Crippen LogP contribution in [0.3, 0.4) is 0 Å². The molecule has 0 aliphatic rings. The van der Waals surface area contributed by atoms with Crippen LogP contribution in [0, 0.1) is 0 Å². The molecule has 0 bridgehead atoms. The second kappa shape index (κ2) is 5.40. The average molecular weight is 298 g/mol. The summed E-state index contributed by atoms with van der Waals surface area (Å²) < 4.78 is 11.3. The van der Waals surface area contributed by atoms with Gasteiger partial charge in [0.2, 0.25) is 0 Å². The number of hydrogen-bond donors (Lipinski definition) is 2. The summed E-state index contributed by atoms with van der Waals surface area (Å²) in [6.07, 6.45) is -0.844. The molecular weight excluding hydrogens is 284 g/mol. The fraction of sp³-hybridized carbons (Fsp3) is 0.125. The zero-order valence-electron chi connectivity index (χ0n) is 11.8. The minimum absolute atomic E-state index is 0.506. The Morgan fingerprint density at radius 1 is 1.14 bits per heavy atom. The SMILES string of the molecule is CC(Oc1ccc2oc3ccccc3c2c1)C(=O)NC(N)=O. The third-order valence-corrected chi connectivity index (χ3v) is 3.28. The molecule has 0 spiro atoms. The third-order valence-electron chi connectivity index (χ3n) is 3.28. The lowest BCUT2D eigenvalue weighted by molar-refractivity contribution is -0.126. The Kier molecular flexibility index (Phi) is 3.42. The number of benzene rings is 2. The Balaban J connectivity index is 1.90. The predicted molar refractivity (Wildman–Crippen MR) is 81.5 cm³/mol. The van der Waals surface area contributed by atoms with Crippen LogP contribution in [0.2, 0.25) is 0 Å². The van der Waals surface area contributed by atoms with Gasteiger partial charge in [-0.2, -0.15) is 0 Å². The molecule has 0 saturated heterocycles. The normalized spacial score (nSPS) is 12.2. The maximum absolute atomic E-state index is 11.6. The van der Waals surface area contributed by atoms with E-state index >= 15 is 0 Å². The van der Waals surface area contributed by atoms with Gasteiger partial charge >= 0.3 is 6.03 Å². The number of nitrogens with one attached hydrogen (secondary N) is 1. The highest BCUT2D eigenvalue weighted by molar-refractivity contribution is 6.05. The van der Waals surface area contributed by atoms with Gasteiger partial charge in [0.1, 0.15) is 16.9 Å². The molecular formula is C16H14N2O4. The van der Waals surface area contributed by atoms with E-state index in [4.69, 9.17) is 14.9 Å². The number of nitrogens with two attached hydrogens (primary N) is 1. The molecule has 3 amide bonds. The van der Waals surface area contributed by atoms with Gasteiger partial charge in [0.15, 0.2) is 6.10 Å². The van der Waals surface area contributed by atoms with E-state index in [1.165, 1.54) is 6.92 Å². The average Bonchev–Trinajstić information content (AvgIpc) is 2.84. The van der Waals surface area contributed by atoms with Crippen LogP contribution < -0.4 is 15.8 Å². The first-order chi connectivity index (χ1) is 10.5. The second-order valence-electron chi connectivity index (χ2n) is 4.87. The summed E-state index contributed by atoms with van der Waals surface area (Å²) >= 11 is 0. The molecule has 6 nitrogen and oxygen atoms in total. The van der Waals surface area contributed by atoms with Gasteiger partial charge in [-0.15, -0.1) is 0 Å². The highest BCUT2D eigenvalue weighted by Gasteiger charge is 2.17. The van der Waals surface area contributed by atoms with Gasteiger partial charge in [-0.25, -0.2) is 4.79 Å². The number of urea groups is 1. The number of hydrogen-bond acceptors (Lipinski definition) is 4. The lowest BCUT2D eigenvalue weighted by atomic mass is 10.1. The van der Waals surface area contributed by atoms with Crippen molar-refractivity contribution in [2.75, 3.05) is 0 Å². The zero-order valence-corrected chi connectivity index (χ0v) is 11.8. The molecule has 3 N–H and O–H groups in total. The first-order valence-electron chi connectivity index (χ1n) is 6.73. The molecule has 0 radical (unpaired) electrons. The third kappa shape index (κ3) is 2.58. The fourth-order valence-electron chi connectivity index (χ4n) is 2.26. The maximum atomic E-state index is 11.6. The van der Waals surface area contributed by atoms with E-state index < -0.39 is 18.0 Å². The van der Waals surface area contributed by atoms with Crippen molar-refractivity contribution in [1.29, 1.82) is 0 Å². The largest absolute Gasteiger partial charge is 0.481 e. The zero-order chi connectivity index (χ0) is 15.7. The molecule has 22 heavy (non-hydrogen) atoms. The van der Waals surface area contributed by atoms with E-state index in [-0.39, 0.29) is 0 Å². The molecule has 0 aliphatic heterocycles. The van der Waals surface area contributed by atoms with Gasteiger partial charge in [-0.1, -0.05) is 18.2 Å². The van der Waals surface area contributed by atoms with Gasteiger partial charge < -0.3 is 14.9 Å². The van der Waals surface area contributed by atoms with E-state index in [9.17, 15) is 9.59 Å². The number of imide groups is 1. The van der Waals surface area contributed by atoms with Crippen LogP contribution in [0.15, 0.2) is 46.9 Å². The van der Waals surface area contributed by atoms with Crippen molar-refractivity contribution in [3.8, 4) is 5.75 Å². The number of carbonyl (C=O) groups is 2. The summed E-state index contributed by atoms with van der Waals surface area (Å²) in [5.74, 6) is -0.0872. The number of carbonyl (C=O) groups excluding carboxylic acids is 2. The Morgan fingerprint density at radius 2 is 1.86 bits per heavy atom. The summed E-state index contributed by atoms with van der Waals surface area (Å²) in [5.41, 5.74) is 6.43. The van der Waals surface area contributed by atoms with Crippen LogP contribution in [0.5, 0.6) is 5.75 Å². The monoisotopic (exact) mass is 298 g/mol. The minimum atomic E-state index is -0.906. The Bertz CT molecular complexity index is 869. The highest BCUT2D eigenvalue weighted by Crippen LogP contribution is 2.31. The van der Waals surface area contributed by atoms with Gasteiger partial charge in [0.05, 0.1) is 0 Å². The van der Waals surface area contributed by atoms with Crippen LogP contribution in [-0.4, -0.2) is 18.0 Å².